The van der Waals surface area contributed by atoms with Crippen molar-refractivity contribution in [3.05, 3.63) is 16.2 Å². The number of hydrogen-bond acceptors (Lipinski definition) is 5. The van der Waals surface area contributed by atoms with Gasteiger partial charge in [-0.1, -0.05) is 0 Å². The fourth-order valence-corrected chi connectivity index (χ4v) is 3.34. The minimum absolute atomic E-state index is 0.224. The number of rotatable bonds is 1. The second-order valence-corrected chi connectivity index (χ2v) is 6.09. The highest BCUT2D eigenvalue weighted by Gasteiger charge is 2.21. The van der Waals surface area contributed by atoms with Crippen LogP contribution in [0.2, 0.25) is 5.28 Å². The van der Waals surface area contributed by atoms with Gasteiger partial charge in [0.15, 0.2) is 0 Å². The van der Waals surface area contributed by atoms with Crippen molar-refractivity contribution in [3.8, 4) is 0 Å². The molecule has 2 aromatic rings. The average Bonchev–Trinajstić information content (AvgIpc) is 2.68. The Balaban J connectivity index is 2.09. The number of nitrogens with zero attached hydrogens (tertiary/aromatic N) is 3. The van der Waals surface area contributed by atoms with E-state index >= 15 is 0 Å². The normalized spacial score (nSPS) is 20.6. The summed E-state index contributed by atoms with van der Waals surface area (Å²) in [6.45, 7) is 6.57. The van der Waals surface area contributed by atoms with Crippen LogP contribution in [-0.2, 0) is 4.74 Å². The number of fused-ring (bicyclic) bond motifs is 1. The molecule has 1 atom stereocenters. The minimum atomic E-state index is 0.224. The summed E-state index contributed by atoms with van der Waals surface area (Å²) in [5.41, 5.74) is 0. The number of halogens is 1. The lowest BCUT2D eigenvalue weighted by molar-refractivity contribution is 0.0530. The van der Waals surface area contributed by atoms with E-state index in [0.29, 0.717) is 5.28 Å². The molecular weight excluding hydrogens is 270 g/mol. The van der Waals surface area contributed by atoms with Crippen LogP contribution in [-0.4, -0.2) is 35.8 Å². The molecule has 0 aliphatic carbocycles. The molecule has 3 rings (SSSR count). The smallest absolute Gasteiger partial charge is 0.225 e. The van der Waals surface area contributed by atoms with E-state index in [2.05, 4.69) is 34.8 Å². The number of ether oxygens (including phenoxy) is 1. The van der Waals surface area contributed by atoms with E-state index in [1.165, 1.54) is 4.88 Å². The zero-order valence-corrected chi connectivity index (χ0v) is 11.9. The molecule has 0 saturated carbocycles. The van der Waals surface area contributed by atoms with Crippen molar-refractivity contribution >= 4 is 39.0 Å². The molecular formula is C12H14ClN3OS. The van der Waals surface area contributed by atoms with Crippen molar-refractivity contribution in [2.24, 2.45) is 0 Å². The fraction of sp³-hybridized carbons (Fsp3) is 0.500. The van der Waals surface area contributed by atoms with Gasteiger partial charge in [0.25, 0.3) is 0 Å². The number of thiophene rings is 1. The maximum Gasteiger partial charge on any atom is 0.225 e. The van der Waals surface area contributed by atoms with Crippen LogP contribution >= 0.6 is 22.9 Å². The minimum Gasteiger partial charge on any atom is -0.375 e. The van der Waals surface area contributed by atoms with E-state index < -0.39 is 0 Å². The van der Waals surface area contributed by atoms with Gasteiger partial charge in [-0.2, -0.15) is 4.98 Å². The van der Waals surface area contributed by atoms with E-state index in [0.717, 1.165) is 35.7 Å². The zero-order valence-electron chi connectivity index (χ0n) is 10.3. The first kappa shape index (κ1) is 12.1. The van der Waals surface area contributed by atoms with Crippen LogP contribution in [0.25, 0.3) is 10.2 Å². The number of aromatic nitrogens is 2. The Labute approximate surface area is 115 Å². The van der Waals surface area contributed by atoms with E-state index in [4.69, 9.17) is 16.3 Å². The molecule has 0 N–H and O–H groups in total. The Bertz CT molecular complexity index is 586. The van der Waals surface area contributed by atoms with Gasteiger partial charge >= 0.3 is 0 Å². The maximum atomic E-state index is 6.02. The summed E-state index contributed by atoms with van der Waals surface area (Å²) in [4.78, 5) is 13.1. The van der Waals surface area contributed by atoms with Crippen molar-refractivity contribution in [1.82, 2.24) is 9.97 Å². The molecule has 1 fully saturated rings. The predicted octanol–water partition coefficient (Wildman–Crippen LogP) is 2.88. The molecule has 96 valence electrons. The molecule has 4 nitrogen and oxygen atoms in total. The summed E-state index contributed by atoms with van der Waals surface area (Å²) >= 11 is 7.67. The van der Waals surface area contributed by atoms with Gasteiger partial charge in [-0.05, 0) is 31.5 Å². The molecule has 0 amide bonds. The number of hydrogen-bond donors (Lipinski definition) is 0. The summed E-state index contributed by atoms with van der Waals surface area (Å²) in [6, 6.07) is 2.13. The molecule has 18 heavy (non-hydrogen) atoms. The zero-order chi connectivity index (χ0) is 12.7. The molecule has 1 saturated heterocycles. The standard InChI is InChI=1S/C12H14ClN3OS/c1-7-6-16(3-4-17-7)10-9-5-8(2)18-11(9)15-12(13)14-10/h5,7H,3-4,6H2,1-2H3. The van der Waals surface area contributed by atoms with Crippen molar-refractivity contribution < 1.29 is 4.74 Å². The number of morpholine rings is 1. The molecule has 0 radical (unpaired) electrons. The largest absolute Gasteiger partial charge is 0.375 e. The Morgan fingerprint density at radius 3 is 3.11 bits per heavy atom. The number of aryl methyl sites for hydroxylation is 1. The van der Waals surface area contributed by atoms with Gasteiger partial charge in [0.05, 0.1) is 18.1 Å². The number of anilines is 1. The van der Waals surface area contributed by atoms with E-state index in [1.54, 1.807) is 11.3 Å². The second kappa shape index (κ2) is 4.64. The molecule has 0 aromatic carbocycles. The summed E-state index contributed by atoms with van der Waals surface area (Å²) in [6.07, 6.45) is 0.224. The molecule has 0 bridgehead atoms. The first-order chi connectivity index (χ1) is 8.63. The maximum absolute atomic E-state index is 6.02. The molecule has 6 heteroatoms. The molecule has 1 unspecified atom stereocenters. The Morgan fingerprint density at radius 2 is 2.33 bits per heavy atom. The highest BCUT2D eigenvalue weighted by atomic mass is 35.5. The molecule has 1 aliphatic heterocycles. The molecule has 0 spiro atoms. The van der Waals surface area contributed by atoms with Crippen molar-refractivity contribution in [2.45, 2.75) is 20.0 Å². The second-order valence-electron chi connectivity index (χ2n) is 4.52. The third kappa shape index (κ3) is 2.18. The average molecular weight is 284 g/mol. The molecule has 2 aromatic heterocycles. The van der Waals surface area contributed by atoms with Crippen LogP contribution in [0.15, 0.2) is 6.07 Å². The van der Waals surface area contributed by atoms with Crippen molar-refractivity contribution in [3.63, 3.8) is 0 Å². The van der Waals surface area contributed by atoms with Gasteiger partial charge in [-0.25, -0.2) is 4.98 Å². The van der Waals surface area contributed by atoms with Gasteiger partial charge < -0.3 is 9.64 Å². The van der Waals surface area contributed by atoms with Gasteiger partial charge in [0.2, 0.25) is 5.28 Å². The lowest BCUT2D eigenvalue weighted by atomic mass is 10.2. The van der Waals surface area contributed by atoms with Crippen LogP contribution in [0.1, 0.15) is 11.8 Å². The van der Waals surface area contributed by atoms with Crippen LogP contribution in [0.3, 0.4) is 0 Å². The topological polar surface area (TPSA) is 38.2 Å². The molecule has 3 heterocycles. The first-order valence-corrected chi connectivity index (χ1v) is 7.13. The Morgan fingerprint density at radius 1 is 1.50 bits per heavy atom. The summed E-state index contributed by atoms with van der Waals surface area (Å²) in [5, 5.41) is 1.41. The highest BCUT2D eigenvalue weighted by Crippen LogP contribution is 2.32. The lowest BCUT2D eigenvalue weighted by Crippen LogP contribution is -2.41. The quantitative estimate of drug-likeness (QED) is 0.755. The third-order valence-electron chi connectivity index (χ3n) is 3.01. The van der Waals surface area contributed by atoms with Gasteiger partial charge in [-0.15, -0.1) is 11.3 Å². The highest BCUT2D eigenvalue weighted by molar-refractivity contribution is 7.18. The Kier molecular flexibility index (Phi) is 3.13. The van der Waals surface area contributed by atoms with Crippen LogP contribution < -0.4 is 4.90 Å². The van der Waals surface area contributed by atoms with Gasteiger partial charge in [0, 0.05) is 18.0 Å². The summed E-state index contributed by atoms with van der Waals surface area (Å²) in [5.74, 6) is 0.935. The SMILES string of the molecule is Cc1cc2c(N3CCOC(C)C3)nc(Cl)nc2s1. The lowest BCUT2D eigenvalue weighted by Gasteiger charge is -2.32. The Hall–Kier alpha value is -0.910. The van der Waals surface area contributed by atoms with Crippen LogP contribution in [0.5, 0.6) is 0 Å². The van der Waals surface area contributed by atoms with E-state index in [1.807, 2.05) is 0 Å². The van der Waals surface area contributed by atoms with Crippen LogP contribution in [0.4, 0.5) is 5.82 Å². The fourth-order valence-electron chi connectivity index (χ4n) is 2.25. The van der Waals surface area contributed by atoms with Crippen molar-refractivity contribution in [1.29, 1.82) is 0 Å². The first-order valence-electron chi connectivity index (χ1n) is 5.94. The van der Waals surface area contributed by atoms with Crippen molar-refractivity contribution in [2.75, 3.05) is 24.6 Å². The summed E-state index contributed by atoms with van der Waals surface area (Å²) < 4.78 is 5.56. The van der Waals surface area contributed by atoms with E-state index in [9.17, 15) is 0 Å². The third-order valence-corrected chi connectivity index (χ3v) is 4.12. The summed E-state index contributed by atoms with van der Waals surface area (Å²) in [7, 11) is 0. The van der Waals surface area contributed by atoms with Gasteiger partial charge in [0.1, 0.15) is 10.6 Å². The predicted molar refractivity (Wildman–Crippen MR) is 74.8 cm³/mol. The van der Waals surface area contributed by atoms with E-state index in [-0.39, 0.29) is 6.10 Å². The monoisotopic (exact) mass is 283 g/mol. The van der Waals surface area contributed by atoms with Gasteiger partial charge in [-0.3, -0.25) is 0 Å². The van der Waals surface area contributed by atoms with Crippen LogP contribution in [0, 0.1) is 6.92 Å². The molecule has 1 aliphatic rings.